The van der Waals surface area contributed by atoms with Crippen molar-refractivity contribution < 1.29 is 4.79 Å². The molecule has 0 saturated carbocycles. The van der Waals surface area contributed by atoms with Crippen molar-refractivity contribution in [2.75, 3.05) is 5.32 Å². The normalized spacial score (nSPS) is 11.6. The Hall–Kier alpha value is -2.73. The van der Waals surface area contributed by atoms with Gasteiger partial charge in [-0.2, -0.15) is 0 Å². The molecule has 0 atom stereocenters. The lowest BCUT2D eigenvalue weighted by molar-refractivity contribution is -0.116. The second kappa shape index (κ2) is 9.39. The number of carbonyl (C=O) groups excluding carboxylic acids is 1. The van der Waals surface area contributed by atoms with Gasteiger partial charge < -0.3 is 10.3 Å². The number of carbonyl (C=O) groups is 1. The molecule has 0 aliphatic heterocycles. The number of aromatic nitrogens is 2. The van der Waals surface area contributed by atoms with Gasteiger partial charge >= 0.3 is 0 Å². The van der Waals surface area contributed by atoms with E-state index < -0.39 is 0 Å². The highest BCUT2D eigenvalue weighted by molar-refractivity contribution is 7.71. The maximum Gasteiger partial charge on any atom is 0.262 e. The average Bonchev–Trinajstić information content (AvgIpc) is 2.69. The summed E-state index contributed by atoms with van der Waals surface area (Å²) in [5, 5.41) is 3.59. The second-order valence-corrected chi connectivity index (χ2v) is 9.01. The molecule has 158 valence electrons. The van der Waals surface area contributed by atoms with Gasteiger partial charge in [0.15, 0.2) is 4.77 Å². The number of nitrogens with zero attached hydrogens (tertiary/aromatic N) is 1. The van der Waals surface area contributed by atoms with Crippen LogP contribution in [0.5, 0.6) is 0 Å². The highest BCUT2D eigenvalue weighted by Crippen LogP contribution is 2.23. The molecule has 0 spiro atoms. The number of nitrogens with one attached hydrogen (secondary N) is 2. The smallest absolute Gasteiger partial charge is 0.262 e. The molecule has 1 heterocycles. The zero-order valence-corrected chi connectivity index (χ0v) is 18.6. The molecule has 5 nitrogen and oxygen atoms in total. The fourth-order valence-corrected chi connectivity index (χ4v) is 3.70. The van der Waals surface area contributed by atoms with E-state index in [0.29, 0.717) is 23.1 Å². The lowest BCUT2D eigenvalue weighted by Crippen LogP contribution is -2.22. The van der Waals surface area contributed by atoms with E-state index in [2.05, 4.69) is 43.2 Å². The summed E-state index contributed by atoms with van der Waals surface area (Å²) < 4.78 is 2.05. The molecular formula is C24H29N3O2S. The molecule has 0 fully saturated rings. The molecule has 0 aliphatic carbocycles. The third kappa shape index (κ3) is 5.45. The Morgan fingerprint density at radius 1 is 1.03 bits per heavy atom. The van der Waals surface area contributed by atoms with E-state index in [-0.39, 0.29) is 16.9 Å². The zero-order chi connectivity index (χ0) is 21.7. The number of amides is 1. The van der Waals surface area contributed by atoms with E-state index in [1.165, 1.54) is 5.56 Å². The van der Waals surface area contributed by atoms with Crippen molar-refractivity contribution in [3.8, 4) is 0 Å². The van der Waals surface area contributed by atoms with E-state index in [0.717, 1.165) is 30.5 Å². The SMILES string of the molecule is CC(C)(C)c1ccc(NC(=O)CCCCCn2c(=S)[nH]c3ccccc3c2=O)cc1. The number of benzene rings is 2. The van der Waals surface area contributed by atoms with Gasteiger partial charge in [0.25, 0.3) is 5.56 Å². The number of hydrogen-bond donors (Lipinski definition) is 2. The molecule has 1 aromatic heterocycles. The Bertz CT molecular complexity index is 1140. The minimum atomic E-state index is -0.0641. The third-order valence-electron chi connectivity index (χ3n) is 5.21. The van der Waals surface area contributed by atoms with Crippen LogP contribution >= 0.6 is 12.2 Å². The number of rotatable bonds is 7. The van der Waals surface area contributed by atoms with Crippen LogP contribution in [0, 0.1) is 4.77 Å². The monoisotopic (exact) mass is 423 g/mol. The van der Waals surface area contributed by atoms with Gasteiger partial charge in [0, 0.05) is 18.7 Å². The number of unbranched alkanes of at least 4 members (excludes halogenated alkanes) is 2. The highest BCUT2D eigenvalue weighted by Gasteiger charge is 2.13. The molecule has 1 amide bonds. The van der Waals surface area contributed by atoms with Crippen LogP contribution in [0.2, 0.25) is 0 Å². The molecule has 2 aromatic carbocycles. The van der Waals surface area contributed by atoms with Crippen molar-refractivity contribution in [3.05, 3.63) is 69.2 Å². The van der Waals surface area contributed by atoms with Gasteiger partial charge in [-0.15, -0.1) is 0 Å². The van der Waals surface area contributed by atoms with E-state index in [1.807, 2.05) is 30.3 Å². The van der Waals surface area contributed by atoms with Crippen LogP contribution in [-0.2, 0) is 16.8 Å². The summed E-state index contributed by atoms with van der Waals surface area (Å²) in [4.78, 5) is 27.9. The van der Waals surface area contributed by atoms with Crippen molar-refractivity contribution in [3.63, 3.8) is 0 Å². The topological polar surface area (TPSA) is 66.9 Å². The van der Waals surface area contributed by atoms with Crippen molar-refractivity contribution >= 4 is 34.7 Å². The van der Waals surface area contributed by atoms with Gasteiger partial charge in [-0.3, -0.25) is 14.2 Å². The first-order chi connectivity index (χ1) is 14.3. The first kappa shape index (κ1) is 22.0. The fraction of sp³-hybridized carbons (Fsp3) is 0.375. The van der Waals surface area contributed by atoms with Gasteiger partial charge in [-0.25, -0.2) is 0 Å². The first-order valence-corrected chi connectivity index (χ1v) is 10.8. The van der Waals surface area contributed by atoms with E-state index in [9.17, 15) is 9.59 Å². The van der Waals surface area contributed by atoms with E-state index in [4.69, 9.17) is 12.2 Å². The fourth-order valence-electron chi connectivity index (χ4n) is 3.41. The van der Waals surface area contributed by atoms with Gasteiger partial charge in [0.05, 0.1) is 10.9 Å². The minimum Gasteiger partial charge on any atom is -0.332 e. The molecule has 3 rings (SSSR count). The van der Waals surface area contributed by atoms with Gasteiger partial charge in [0.2, 0.25) is 5.91 Å². The van der Waals surface area contributed by atoms with Crippen molar-refractivity contribution in [2.45, 2.75) is 58.4 Å². The van der Waals surface area contributed by atoms with Crippen molar-refractivity contribution in [2.24, 2.45) is 0 Å². The van der Waals surface area contributed by atoms with Gasteiger partial charge in [-0.1, -0.05) is 51.5 Å². The molecule has 3 aromatic rings. The summed E-state index contributed by atoms with van der Waals surface area (Å²) in [6, 6.07) is 15.4. The quantitative estimate of drug-likeness (QED) is 0.386. The average molecular weight is 424 g/mol. The zero-order valence-electron chi connectivity index (χ0n) is 17.8. The van der Waals surface area contributed by atoms with E-state index in [1.54, 1.807) is 10.6 Å². The Labute approximate surface area is 182 Å². The Morgan fingerprint density at radius 3 is 2.43 bits per heavy atom. The molecule has 0 bridgehead atoms. The van der Waals surface area contributed by atoms with Crippen molar-refractivity contribution in [1.82, 2.24) is 9.55 Å². The number of aromatic amines is 1. The maximum absolute atomic E-state index is 12.6. The van der Waals surface area contributed by atoms with Crippen LogP contribution in [0.15, 0.2) is 53.3 Å². The summed E-state index contributed by atoms with van der Waals surface area (Å²) in [7, 11) is 0. The molecule has 6 heteroatoms. The molecule has 30 heavy (non-hydrogen) atoms. The molecule has 0 aliphatic rings. The number of hydrogen-bond acceptors (Lipinski definition) is 3. The van der Waals surface area contributed by atoms with Crippen LogP contribution in [0.3, 0.4) is 0 Å². The number of fused-ring (bicyclic) bond motifs is 1. The first-order valence-electron chi connectivity index (χ1n) is 10.4. The van der Waals surface area contributed by atoms with Crippen LogP contribution in [0.25, 0.3) is 10.9 Å². The van der Waals surface area contributed by atoms with Gasteiger partial charge in [0.1, 0.15) is 0 Å². The highest BCUT2D eigenvalue weighted by atomic mass is 32.1. The Balaban J connectivity index is 1.46. The molecular weight excluding hydrogens is 394 g/mol. The number of para-hydroxylation sites is 1. The van der Waals surface area contributed by atoms with Crippen LogP contribution < -0.4 is 10.9 Å². The molecule has 2 N–H and O–H groups in total. The van der Waals surface area contributed by atoms with Crippen LogP contribution in [-0.4, -0.2) is 15.5 Å². The number of H-pyrrole nitrogens is 1. The summed E-state index contributed by atoms with van der Waals surface area (Å²) in [5.41, 5.74) is 2.85. The molecule has 0 unspecified atom stereocenters. The molecule has 0 saturated heterocycles. The lowest BCUT2D eigenvalue weighted by Gasteiger charge is -2.19. The molecule has 0 radical (unpaired) electrons. The third-order valence-corrected chi connectivity index (χ3v) is 5.53. The second-order valence-electron chi connectivity index (χ2n) is 8.62. The van der Waals surface area contributed by atoms with Crippen LogP contribution in [0.4, 0.5) is 5.69 Å². The lowest BCUT2D eigenvalue weighted by atomic mass is 9.87. The summed E-state index contributed by atoms with van der Waals surface area (Å²) >= 11 is 5.33. The summed E-state index contributed by atoms with van der Waals surface area (Å²) in [6.07, 6.45) is 2.87. The largest absolute Gasteiger partial charge is 0.332 e. The minimum absolute atomic E-state index is 0.0127. The van der Waals surface area contributed by atoms with Crippen molar-refractivity contribution in [1.29, 1.82) is 0 Å². The van der Waals surface area contributed by atoms with E-state index >= 15 is 0 Å². The Kier molecular flexibility index (Phi) is 6.87. The standard InChI is InChI=1S/C24H29N3O2S/c1-24(2,3)17-12-14-18(15-13-17)25-21(28)11-5-4-8-16-27-22(29)19-9-6-7-10-20(19)26-23(27)30/h6-7,9-10,12-15H,4-5,8,11,16H2,1-3H3,(H,25,28)(H,26,30). The maximum atomic E-state index is 12.6. The predicted octanol–water partition coefficient (Wildman–Crippen LogP) is 5.56. The predicted molar refractivity (Wildman–Crippen MR) is 126 cm³/mol. The van der Waals surface area contributed by atoms with Crippen LogP contribution in [0.1, 0.15) is 52.0 Å². The van der Waals surface area contributed by atoms with Gasteiger partial charge in [-0.05, 0) is 60.3 Å². The Morgan fingerprint density at radius 2 is 1.73 bits per heavy atom. The summed E-state index contributed by atoms with van der Waals surface area (Å²) in [5.74, 6) is 0.0127. The summed E-state index contributed by atoms with van der Waals surface area (Å²) in [6.45, 7) is 7.05. The number of anilines is 1.